The molecule has 0 heterocycles. The maximum atomic E-state index is 12.6. The smallest absolute Gasteiger partial charge is 0.335 e. The van der Waals surface area contributed by atoms with Crippen LogP contribution in [0, 0.1) is 13.8 Å². The Hall–Kier alpha value is -5.50. The van der Waals surface area contributed by atoms with Gasteiger partial charge < -0.3 is 28.4 Å². The summed E-state index contributed by atoms with van der Waals surface area (Å²) in [5.41, 5.74) is 5.68. The Bertz CT molecular complexity index is 1780. The molecule has 8 nitrogen and oxygen atoms in total. The van der Waals surface area contributed by atoms with Crippen LogP contribution in [0.5, 0.6) is 34.5 Å². The highest BCUT2D eigenvalue weighted by Gasteiger charge is 2.51. The van der Waals surface area contributed by atoms with Crippen LogP contribution in [-0.4, -0.2) is 38.4 Å². The summed E-state index contributed by atoms with van der Waals surface area (Å²) in [5, 5.41) is 0. The van der Waals surface area contributed by atoms with E-state index in [2.05, 4.69) is 37.4 Å². The quantitative estimate of drug-likeness (QED) is 0.0665. The Morgan fingerprint density at radius 3 is 1.24 bits per heavy atom. The topological polar surface area (TPSA) is 89.5 Å². The van der Waals surface area contributed by atoms with Crippen LogP contribution in [0.2, 0.25) is 0 Å². The summed E-state index contributed by atoms with van der Waals surface area (Å²) in [6.45, 7) is 19.6. The minimum Gasteiger partial charge on any atom is -0.489 e. The first-order valence-corrected chi connectivity index (χ1v) is 16.5. The molecule has 0 unspecified atom stereocenters. The number of rotatable bonds is 14. The Morgan fingerprint density at radius 2 is 0.898 bits per heavy atom. The van der Waals surface area contributed by atoms with Crippen molar-refractivity contribution in [2.45, 2.75) is 47.0 Å². The first-order chi connectivity index (χ1) is 23.7. The van der Waals surface area contributed by atoms with Gasteiger partial charge in [0.1, 0.15) is 0 Å². The van der Waals surface area contributed by atoms with Gasteiger partial charge in [0.25, 0.3) is 0 Å². The van der Waals surface area contributed by atoms with Crippen LogP contribution in [0.4, 0.5) is 0 Å². The molecule has 0 aromatic heterocycles. The van der Waals surface area contributed by atoms with Crippen molar-refractivity contribution in [1.82, 2.24) is 0 Å². The summed E-state index contributed by atoms with van der Waals surface area (Å²) >= 11 is 0. The van der Waals surface area contributed by atoms with E-state index in [1.54, 1.807) is 0 Å². The second-order valence-electron chi connectivity index (χ2n) is 11.3. The van der Waals surface area contributed by atoms with Crippen molar-refractivity contribution in [2.75, 3.05) is 26.4 Å². The molecule has 0 N–H and O–H groups in total. The van der Waals surface area contributed by atoms with Gasteiger partial charge in [0.2, 0.25) is 11.5 Å². The molecule has 0 radical (unpaired) electrons. The zero-order valence-corrected chi connectivity index (χ0v) is 28.9. The summed E-state index contributed by atoms with van der Waals surface area (Å²) in [7, 11) is 0. The zero-order chi connectivity index (χ0) is 35.3. The lowest BCUT2D eigenvalue weighted by molar-refractivity contribution is -0.130. The third-order valence-corrected chi connectivity index (χ3v) is 8.41. The molecule has 0 atom stereocenters. The molecule has 8 heteroatoms. The molecular formula is C41H42O8. The minimum absolute atomic E-state index is 0.247. The third kappa shape index (κ3) is 5.92. The van der Waals surface area contributed by atoms with Crippen LogP contribution in [0.15, 0.2) is 86.0 Å². The Balaban J connectivity index is 2.06. The van der Waals surface area contributed by atoms with Crippen LogP contribution >= 0.6 is 0 Å². The second kappa shape index (κ2) is 14.7. The molecular weight excluding hydrogens is 620 g/mol. The molecule has 1 aliphatic carbocycles. The number of fused-ring (bicyclic) bond motifs is 3. The minimum atomic E-state index is -1.09. The first-order valence-electron chi connectivity index (χ1n) is 16.5. The number of carbonyl (C=O) groups is 2. The van der Waals surface area contributed by atoms with Crippen molar-refractivity contribution in [3.05, 3.63) is 119 Å². The molecule has 5 rings (SSSR count). The van der Waals surface area contributed by atoms with E-state index in [4.69, 9.17) is 28.4 Å². The zero-order valence-electron chi connectivity index (χ0n) is 28.9. The Morgan fingerprint density at radius 1 is 0.551 bits per heavy atom. The molecule has 0 aliphatic heterocycles. The monoisotopic (exact) mass is 662 g/mol. The van der Waals surface area contributed by atoms with Crippen molar-refractivity contribution in [3.8, 4) is 45.6 Å². The average Bonchev–Trinajstić information content (AvgIpc) is 3.40. The fourth-order valence-corrected chi connectivity index (χ4v) is 6.69. The number of benzene rings is 4. The second-order valence-corrected chi connectivity index (χ2v) is 11.3. The van der Waals surface area contributed by atoms with Gasteiger partial charge >= 0.3 is 11.9 Å². The fourth-order valence-electron chi connectivity index (χ4n) is 6.69. The van der Waals surface area contributed by atoms with Gasteiger partial charge in [0, 0.05) is 23.3 Å². The van der Waals surface area contributed by atoms with E-state index in [1.807, 2.05) is 77.9 Å². The van der Waals surface area contributed by atoms with Crippen LogP contribution in [0.3, 0.4) is 0 Å². The summed E-state index contributed by atoms with van der Waals surface area (Å²) in [5.74, 6) is 0.672. The molecule has 1 aliphatic rings. The van der Waals surface area contributed by atoms with Gasteiger partial charge in [0.05, 0.1) is 31.8 Å². The number of carbonyl (C=O) groups excluding carboxylic acids is 2. The van der Waals surface area contributed by atoms with E-state index in [-0.39, 0.29) is 24.7 Å². The van der Waals surface area contributed by atoms with Gasteiger partial charge in [-0.3, -0.25) is 0 Å². The van der Waals surface area contributed by atoms with Gasteiger partial charge in [-0.1, -0.05) is 61.7 Å². The summed E-state index contributed by atoms with van der Waals surface area (Å²) in [6.07, 6.45) is 2.23. The SMILES string of the molecule is C=CC(=O)Oc1c(C)cc(C2(c3cc(C)c(OC(=O)C=C)c(OCC)c3OCC)c3ccccc3-c3ccccc32)c(OCC)c1OCC. The highest BCUT2D eigenvalue weighted by atomic mass is 16.6. The van der Waals surface area contributed by atoms with E-state index in [1.165, 1.54) is 0 Å². The molecule has 4 aromatic carbocycles. The van der Waals surface area contributed by atoms with E-state index in [9.17, 15) is 9.59 Å². The molecule has 254 valence electrons. The number of aryl methyl sites for hydroxylation is 2. The van der Waals surface area contributed by atoms with Crippen LogP contribution in [-0.2, 0) is 15.0 Å². The molecule has 0 bridgehead atoms. The predicted molar refractivity (Wildman–Crippen MR) is 190 cm³/mol. The van der Waals surface area contributed by atoms with Crippen molar-refractivity contribution in [2.24, 2.45) is 0 Å². The number of hydrogen-bond acceptors (Lipinski definition) is 8. The van der Waals surface area contributed by atoms with Crippen LogP contribution in [0.25, 0.3) is 11.1 Å². The van der Waals surface area contributed by atoms with E-state index >= 15 is 0 Å². The van der Waals surface area contributed by atoms with Gasteiger partial charge in [-0.2, -0.15) is 0 Å². The normalized spacial score (nSPS) is 12.3. The third-order valence-electron chi connectivity index (χ3n) is 8.41. The van der Waals surface area contributed by atoms with E-state index in [0.717, 1.165) is 45.5 Å². The Kier molecular flexibility index (Phi) is 10.5. The molecule has 0 spiro atoms. The summed E-state index contributed by atoms with van der Waals surface area (Å²) < 4.78 is 37.2. The Labute approximate surface area is 287 Å². The maximum absolute atomic E-state index is 12.6. The predicted octanol–water partition coefficient (Wildman–Crippen LogP) is 8.44. The van der Waals surface area contributed by atoms with Gasteiger partial charge in [-0.15, -0.1) is 0 Å². The number of hydrogen-bond donors (Lipinski definition) is 0. The average molecular weight is 663 g/mol. The molecule has 49 heavy (non-hydrogen) atoms. The lowest BCUT2D eigenvalue weighted by Crippen LogP contribution is -2.31. The molecule has 0 saturated heterocycles. The van der Waals surface area contributed by atoms with Gasteiger partial charge in [-0.25, -0.2) is 9.59 Å². The van der Waals surface area contributed by atoms with E-state index in [0.29, 0.717) is 47.3 Å². The lowest BCUT2D eigenvalue weighted by Gasteiger charge is -2.38. The standard InChI is InChI=1S/C41H42O8/c1-9-33(42)48-35-25(7)23-31(37(44-11-3)39(35)46-13-5)41(29-21-17-15-19-27(29)28-20-16-18-22-30(28)41)32-24-26(8)36(49-34(43)10-2)40(47-14-6)38(32)45-12-4/h9-10,15-24H,1-2,11-14H2,3-8H3. The summed E-state index contributed by atoms with van der Waals surface area (Å²) in [6, 6.07) is 20.4. The largest absolute Gasteiger partial charge is 0.489 e. The highest BCUT2D eigenvalue weighted by Crippen LogP contribution is 2.63. The number of ether oxygens (including phenoxy) is 6. The van der Waals surface area contributed by atoms with Crippen molar-refractivity contribution >= 4 is 11.9 Å². The van der Waals surface area contributed by atoms with Crippen molar-refractivity contribution < 1.29 is 38.0 Å². The fraction of sp³-hybridized carbons (Fsp3) is 0.268. The first kappa shape index (κ1) is 34.8. The molecule has 4 aromatic rings. The molecule has 0 fully saturated rings. The van der Waals surface area contributed by atoms with Crippen LogP contribution in [0.1, 0.15) is 61.1 Å². The van der Waals surface area contributed by atoms with Gasteiger partial charge in [-0.05, 0) is 87.1 Å². The molecule has 0 saturated carbocycles. The maximum Gasteiger partial charge on any atom is 0.335 e. The van der Waals surface area contributed by atoms with Crippen molar-refractivity contribution in [3.63, 3.8) is 0 Å². The van der Waals surface area contributed by atoms with Gasteiger partial charge in [0.15, 0.2) is 23.0 Å². The van der Waals surface area contributed by atoms with E-state index < -0.39 is 17.4 Å². The summed E-state index contributed by atoms with van der Waals surface area (Å²) in [4.78, 5) is 25.2. The molecule has 0 amide bonds. The highest BCUT2D eigenvalue weighted by molar-refractivity contribution is 5.90. The van der Waals surface area contributed by atoms with Crippen molar-refractivity contribution in [1.29, 1.82) is 0 Å². The number of esters is 2. The van der Waals surface area contributed by atoms with Crippen LogP contribution < -0.4 is 28.4 Å². The lowest BCUT2D eigenvalue weighted by atomic mass is 9.66.